The average Bonchev–Trinajstić information content (AvgIpc) is 3.54. The average molecular weight is 683 g/mol. The summed E-state index contributed by atoms with van der Waals surface area (Å²) in [5.74, 6) is -2.13. The van der Waals surface area contributed by atoms with Crippen LogP contribution in [0.1, 0.15) is 37.7 Å². The Morgan fingerprint density at radius 3 is 2.21 bits per heavy atom. The maximum atomic E-state index is 13.0. The van der Waals surface area contributed by atoms with Crippen LogP contribution in [0.2, 0.25) is 25.1 Å². The second-order valence-electron chi connectivity index (χ2n) is 9.29. The number of nitrogens with one attached hydrogen (secondary N) is 4. The van der Waals surface area contributed by atoms with Crippen molar-refractivity contribution in [3.63, 3.8) is 0 Å². The van der Waals surface area contributed by atoms with E-state index in [1.165, 1.54) is 0 Å². The number of alkyl carbamates (subject to hydrolysis) is 1. The van der Waals surface area contributed by atoms with Crippen LogP contribution in [-0.2, 0) is 25.7 Å². The SMILES string of the molecule is O=C(CNC(=O)[C@H](CCCCNC(=O)OCc1ccccc1)NC(=O)[C@@H]1CCCN1)Oc1c(Cl)c(Cl)c(Cl)c(Cl)c1Cl. The maximum Gasteiger partial charge on any atom is 0.407 e. The molecule has 0 spiro atoms. The first kappa shape index (κ1) is 34.0. The fourth-order valence-electron chi connectivity index (χ4n) is 3.99. The molecular formula is C27H29Cl5N4O6. The molecule has 0 aliphatic carbocycles. The topological polar surface area (TPSA) is 135 Å². The number of rotatable bonds is 13. The Balaban J connectivity index is 1.49. The Kier molecular flexibility index (Phi) is 13.8. The van der Waals surface area contributed by atoms with Crippen LogP contribution in [0.15, 0.2) is 30.3 Å². The van der Waals surface area contributed by atoms with Gasteiger partial charge in [0.25, 0.3) is 0 Å². The number of hydrogen-bond acceptors (Lipinski definition) is 7. The van der Waals surface area contributed by atoms with Gasteiger partial charge in [0.1, 0.15) is 29.2 Å². The summed E-state index contributed by atoms with van der Waals surface area (Å²) in [5.41, 5.74) is 0.866. The van der Waals surface area contributed by atoms with Gasteiger partial charge in [-0.2, -0.15) is 0 Å². The summed E-state index contributed by atoms with van der Waals surface area (Å²) < 4.78 is 10.3. The van der Waals surface area contributed by atoms with Crippen LogP contribution in [0.4, 0.5) is 4.79 Å². The summed E-state index contributed by atoms with van der Waals surface area (Å²) in [4.78, 5) is 50.1. The van der Waals surface area contributed by atoms with Crippen molar-refractivity contribution in [2.75, 3.05) is 19.6 Å². The van der Waals surface area contributed by atoms with Gasteiger partial charge in [-0.15, -0.1) is 0 Å². The molecular weight excluding hydrogens is 654 g/mol. The molecule has 2 aromatic rings. The van der Waals surface area contributed by atoms with Crippen LogP contribution in [0, 0.1) is 0 Å². The van der Waals surface area contributed by atoms with E-state index >= 15 is 0 Å². The Morgan fingerprint density at radius 1 is 0.905 bits per heavy atom. The highest BCUT2D eigenvalue weighted by Gasteiger charge is 2.28. The number of ether oxygens (including phenoxy) is 2. The highest BCUT2D eigenvalue weighted by Crippen LogP contribution is 2.48. The Hall–Kier alpha value is -2.47. The van der Waals surface area contributed by atoms with Gasteiger partial charge in [-0.1, -0.05) is 88.3 Å². The summed E-state index contributed by atoms with van der Waals surface area (Å²) in [6.45, 7) is 0.595. The van der Waals surface area contributed by atoms with Gasteiger partial charge in [0, 0.05) is 6.54 Å². The minimum atomic E-state index is -0.940. The molecule has 0 bridgehead atoms. The van der Waals surface area contributed by atoms with Crippen molar-refractivity contribution >= 4 is 81.9 Å². The number of benzene rings is 2. The zero-order valence-corrected chi connectivity index (χ0v) is 26.0. The first-order valence-electron chi connectivity index (χ1n) is 13.1. The third-order valence-corrected chi connectivity index (χ3v) is 8.45. The molecule has 0 unspecified atom stereocenters. The molecule has 3 rings (SSSR count). The van der Waals surface area contributed by atoms with Gasteiger partial charge in [-0.25, -0.2) is 9.59 Å². The van der Waals surface area contributed by atoms with Crippen LogP contribution in [0.5, 0.6) is 5.75 Å². The van der Waals surface area contributed by atoms with Crippen LogP contribution < -0.4 is 26.0 Å². The number of carbonyl (C=O) groups is 4. The highest BCUT2D eigenvalue weighted by atomic mass is 35.5. The van der Waals surface area contributed by atoms with Gasteiger partial charge >= 0.3 is 12.1 Å². The Morgan fingerprint density at radius 2 is 1.57 bits per heavy atom. The minimum Gasteiger partial charge on any atom is -0.445 e. The van der Waals surface area contributed by atoms with E-state index in [1.807, 2.05) is 30.3 Å². The van der Waals surface area contributed by atoms with E-state index in [0.717, 1.165) is 12.0 Å². The third kappa shape index (κ3) is 10.1. The van der Waals surface area contributed by atoms with E-state index in [2.05, 4.69) is 21.3 Å². The lowest BCUT2D eigenvalue weighted by molar-refractivity contribution is -0.136. The third-order valence-electron chi connectivity index (χ3n) is 6.20. The molecule has 3 amide bonds. The fraction of sp³-hybridized carbons (Fsp3) is 0.407. The van der Waals surface area contributed by atoms with Gasteiger partial charge in [0.15, 0.2) is 5.75 Å². The molecule has 0 aromatic heterocycles. The van der Waals surface area contributed by atoms with Gasteiger partial charge in [-0.3, -0.25) is 9.59 Å². The number of carbonyl (C=O) groups excluding carboxylic acids is 4. The number of unbranched alkanes of at least 4 members (excludes halogenated alkanes) is 1. The van der Waals surface area contributed by atoms with Crippen molar-refractivity contribution in [1.82, 2.24) is 21.3 Å². The first-order chi connectivity index (χ1) is 20.1. The molecule has 1 aliphatic rings. The standard InChI is InChI=1S/C27H29Cl5N4O6/c28-19-20(29)22(31)24(23(32)21(19)30)42-18(37)13-35-25(38)17(36-26(39)16-10-6-12-33-16)9-4-5-11-34-27(40)41-14-15-7-2-1-3-8-15/h1-3,7-8,16-17,33H,4-6,9-14H2,(H,34,40)(H,35,38)(H,36,39)/t16-,17-/m0/s1. The molecule has 2 aromatic carbocycles. The highest BCUT2D eigenvalue weighted by molar-refractivity contribution is 6.55. The quantitative estimate of drug-likeness (QED) is 0.0740. The molecule has 0 radical (unpaired) electrons. The predicted molar refractivity (Wildman–Crippen MR) is 162 cm³/mol. The van der Waals surface area contributed by atoms with E-state index in [1.54, 1.807) is 0 Å². The van der Waals surface area contributed by atoms with Gasteiger partial charge < -0.3 is 30.7 Å². The maximum absolute atomic E-state index is 13.0. The Labute approximate surface area is 268 Å². The zero-order chi connectivity index (χ0) is 30.6. The summed E-state index contributed by atoms with van der Waals surface area (Å²) in [6, 6.07) is 7.92. The lowest BCUT2D eigenvalue weighted by Gasteiger charge is -2.20. The summed E-state index contributed by atoms with van der Waals surface area (Å²) in [5, 5.41) is 10.1. The molecule has 1 aliphatic heterocycles. The van der Waals surface area contributed by atoms with Crippen molar-refractivity contribution in [2.24, 2.45) is 0 Å². The molecule has 10 nitrogen and oxygen atoms in total. The number of hydrogen-bond donors (Lipinski definition) is 4. The molecule has 4 N–H and O–H groups in total. The van der Waals surface area contributed by atoms with Gasteiger partial charge in [0.05, 0.1) is 21.1 Å². The van der Waals surface area contributed by atoms with E-state index in [0.29, 0.717) is 32.4 Å². The predicted octanol–water partition coefficient (Wildman–Crippen LogP) is 5.31. The lowest BCUT2D eigenvalue weighted by atomic mass is 10.1. The summed E-state index contributed by atoms with van der Waals surface area (Å²) >= 11 is 30.1. The molecule has 42 heavy (non-hydrogen) atoms. The summed E-state index contributed by atoms with van der Waals surface area (Å²) in [6.07, 6.45) is 2.17. The van der Waals surface area contributed by atoms with E-state index < -0.39 is 36.6 Å². The monoisotopic (exact) mass is 680 g/mol. The fourth-order valence-corrected chi connectivity index (χ4v) is 5.19. The minimum absolute atomic E-state index is 0.101. The molecule has 228 valence electrons. The van der Waals surface area contributed by atoms with Crippen molar-refractivity contribution < 1.29 is 28.7 Å². The smallest absolute Gasteiger partial charge is 0.407 e. The molecule has 0 saturated carbocycles. The molecule has 1 heterocycles. The number of esters is 1. The van der Waals surface area contributed by atoms with Gasteiger partial charge in [0.2, 0.25) is 11.8 Å². The molecule has 1 saturated heterocycles. The van der Waals surface area contributed by atoms with Gasteiger partial charge in [-0.05, 0) is 44.2 Å². The van der Waals surface area contributed by atoms with Crippen molar-refractivity contribution in [1.29, 1.82) is 0 Å². The first-order valence-corrected chi connectivity index (χ1v) is 15.0. The van der Waals surface area contributed by atoms with E-state index in [-0.39, 0.29) is 49.8 Å². The van der Waals surface area contributed by atoms with Crippen LogP contribution in [-0.4, -0.2) is 55.6 Å². The van der Waals surface area contributed by atoms with Crippen molar-refractivity contribution in [3.05, 3.63) is 61.0 Å². The number of amides is 3. The van der Waals surface area contributed by atoms with E-state index in [4.69, 9.17) is 67.5 Å². The van der Waals surface area contributed by atoms with Crippen LogP contribution in [0.3, 0.4) is 0 Å². The zero-order valence-electron chi connectivity index (χ0n) is 22.2. The van der Waals surface area contributed by atoms with Crippen LogP contribution in [0.25, 0.3) is 0 Å². The molecule has 15 heteroatoms. The largest absolute Gasteiger partial charge is 0.445 e. The number of halogens is 5. The summed E-state index contributed by atoms with van der Waals surface area (Å²) in [7, 11) is 0. The molecule has 1 fully saturated rings. The normalized spacial score (nSPS) is 15.0. The van der Waals surface area contributed by atoms with Crippen molar-refractivity contribution in [3.8, 4) is 5.75 Å². The second kappa shape index (κ2) is 17.0. The van der Waals surface area contributed by atoms with Crippen LogP contribution >= 0.6 is 58.0 Å². The Bertz CT molecular complexity index is 1250. The van der Waals surface area contributed by atoms with Crippen molar-refractivity contribution in [2.45, 2.75) is 50.8 Å². The molecule has 2 atom stereocenters. The lowest BCUT2D eigenvalue weighted by Crippen LogP contribution is -2.52. The second-order valence-corrected chi connectivity index (χ2v) is 11.2. The van der Waals surface area contributed by atoms with E-state index in [9.17, 15) is 19.2 Å².